The highest BCUT2D eigenvalue weighted by Gasteiger charge is 2.22. The van der Waals surface area contributed by atoms with Gasteiger partial charge in [0.2, 0.25) is 0 Å². The van der Waals surface area contributed by atoms with E-state index >= 15 is 0 Å². The van der Waals surface area contributed by atoms with Gasteiger partial charge in [-0.1, -0.05) is 250 Å². The smallest absolute Gasteiger partial charge is 0.306 e. The van der Waals surface area contributed by atoms with E-state index in [2.05, 4.69) is 38.2 Å². The summed E-state index contributed by atoms with van der Waals surface area (Å²) >= 11 is 0. The van der Waals surface area contributed by atoms with Crippen molar-refractivity contribution in [2.45, 2.75) is 296 Å². The second kappa shape index (κ2) is 52.1. The molecule has 0 aromatic carbocycles. The van der Waals surface area contributed by atoms with Gasteiger partial charge in [-0.25, -0.2) is 0 Å². The molecule has 69 heavy (non-hydrogen) atoms. The predicted octanol–water partition coefficient (Wildman–Crippen LogP) is 15.8. The van der Waals surface area contributed by atoms with Crippen molar-refractivity contribution < 1.29 is 42.9 Å². The average molecular weight is 977 g/mol. The number of allylic oxidation sites excluding steroid dienone is 4. The van der Waals surface area contributed by atoms with Crippen molar-refractivity contribution in [3.63, 3.8) is 0 Å². The summed E-state index contributed by atoms with van der Waals surface area (Å²) in [5, 5.41) is 11.7. The molecule has 0 radical (unpaired) electrons. The molecule has 0 aliphatic carbocycles. The van der Waals surface area contributed by atoms with Crippen LogP contribution in [0.2, 0.25) is 0 Å². The third-order valence-electron chi connectivity index (χ3n) is 13.2. The summed E-state index contributed by atoms with van der Waals surface area (Å²) in [7, 11) is 5.92. The fourth-order valence-corrected chi connectivity index (χ4v) is 8.63. The quantitative estimate of drug-likeness (QED) is 0.0195. The summed E-state index contributed by atoms with van der Waals surface area (Å²) in [6.45, 7) is 4.71. The van der Waals surface area contributed by atoms with Crippen LogP contribution in [0.25, 0.3) is 0 Å². The van der Waals surface area contributed by atoms with Crippen LogP contribution in [0, 0.1) is 0 Å². The minimum atomic E-state index is -1.61. The Balaban J connectivity index is 3.84. The molecule has 406 valence electrons. The third-order valence-corrected chi connectivity index (χ3v) is 13.2. The maximum absolute atomic E-state index is 12.8. The van der Waals surface area contributed by atoms with Crippen molar-refractivity contribution in [2.24, 2.45) is 0 Å². The van der Waals surface area contributed by atoms with E-state index in [9.17, 15) is 19.5 Å². The van der Waals surface area contributed by atoms with Gasteiger partial charge in [0.15, 0.2) is 12.4 Å². The van der Waals surface area contributed by atoms with Gasteiger partial charge in [0, 0.05) is 12.8 Å². The van der Waals surface area contributed by atoms with Crippen molar-refractivity contribution in [1.29, 1.82) is 0 Å². The zero-order valence-electron chi connectivity index (χ0n) is 46.2. The van der Waals surface area contributed by atoms with E-state index in [1.165, 1.54) is 212 Å². The largest absolute Gasteiger partial charge is 0.545 e. The van der Waals surface area contributed by atoms with Gasteiger partial charge in [0.25, 0.3) is 0 Å². The Morgan fingerprint density at radius 1 is 0.435 bits per heavy atom. The van der Waals surface area contributed by atoms with Gasteiger partial charge in [-0.3, -0.25) is 9.59 Å². The van der Waals surface area contributed by atoms with Crippen LogP contribution in [-0.2, 0) is 33.3 Å². The lowest BCUT2D eigenvalue weighted by Crippen LogP contribution is -2.44. The molecule has 0 saturated carbocycles. The Hall–Kier alpha value is -2.23. The SMILES string of the molecule is CCCCCCC/C=C\C/C=C\CCCCCCCCCCCCCCCCCCCCCCCCCCCC(=O)OC(COC(=O)CCCCCCCCC)COC(OCC[N+](C)(C)C)C(=O)[O-]. The predicted molar refractivity (Wildman–Crippen MR) is 288 cm³/mol. The third kappa shape index (κ3) is 53.4. The maximum atomic E-state index is 12.8. The summed E-state index contributed by atoms with van der Waals surface area (Å²) in [6.07, 6.45) is 58.6. The lowest BCUT2D eigenvalue weighted by Gasteiger charge is -2.26. The maximum Gasteiger partial charge on any atom is 0.306 e. The molecule has 0 fully saturated rings. The van der Waals surface area contributed by atoms with Gasteiger partial charge in [0.1, 0.15) is 13.2 Å². The van der Waals surface area contributed by atoms with Crippen molar-refractivity contribution >= 4 is 17.9 Å². The van der Waals surface area contributed by atoms with Crippen LogP contribution in [0.5, 0.6) is 0 Å². The van der Waals surface area contributed by atoms with E-state index in [0.29, 0.717) is 17.4 Å². The summed E-state index contributed by atoms with van der Waals surface area (Å²) in [6, 6.07) is 0. The number of carboxylic acid groups (broad SMARTS) is 1. The van der Waals surface area contributed by atoms with E-state index in [1.807, 2.05) is 21.1 Å². The molecule has 0 bridgehead atoms. The second-order valence-corrected chi connectivity index (χ2v) is 21.3. The molecular weight excluding hydrogens is 863 g/mol. The first kappa shape index (κ1) is 66.8. The number of esters is 2. The number of likely N-dealkylation sites (N-methyl/N-ethyl adjacent to an activating group) is 1. The van der Waals surface area contributed by atoms with E-state index in [-0.39, 0.29) is 32.2 Å². The normalized spacial score (nSPS) is 12.9. The minimum Gasteiger partial charge on any atom is -0.545 e. The van der Waals surface area contributed by atoms with Gasteiger partial charge < -0.3 is 33.3 Å². The van der Waals surface area contributed by atoms with Crippen LogP contribution in [0.4, 0.5) is 0 Å². The fourth-order valence-electron chi connectivity index (χ4n) is 8.63. The van der Waals surface area contributed by atoms with Crippen molar-refractivity contribution in [2.75, 3.05) is 47.5 Å². The van der Waals surface area contributed by atoms with Crippen LogP contribution >= 0.6 is 0 Å². The fraction of sp³-hybridized carbons (Fsp3) is 0.883. The first-order chi connectivity index (χ1) is 33.6. The standard InChI is InChI=1S/C60H113NO8/c1-6-8-10-12-14-15-16-17-18-19-20-21-22-23-24-25-26-27-28-29-30-31-32-33-34-35-36-37-38-39-40-41-42-43-45-47-49-51-58(63)69-56(54-67-57(62)50-48-46-44-13-11-9-7-2)55-68-60(59(64)65)66-53-52-61(3,4)5/h16-17,19-20,56,60H,6-15,18,21-55H2,1-5H3/b17-16-,20-19-. The Morgan fingerprint density at radius 2 is 0.783 bits per heavy atom. The summed E-state index contributed by atoms with van der Waals surface area (Å²) < 4.78 is 22.5. The zero-order chi connectivity index (χ0) is 50.6. The molecule has 2 unspecified atom stereocenters. The van der Waals surface area contributed by atoms with Crippen LogP contribution in [0.3, 0.4) is 0 Å². The van der Waals surface area contributed by atoms with Crippen molar-refractivity contribution in [3.05, 3.63) is 24.3 Å². The number of rotatable bonds is 55. The van der Waals surface area contributed by atoms with Crippen molar-refractivity contribution in [3.8, 4) is 0 Å². The van der Waals surface area contributed by atoms with Gasteiger partial charge in [0.05, 0.1) is 40.3 Å². The molecule has 0 rings (SSSR count). The lowest BCUT2D eigenvalue weighted by molar-refractivity contribution is -0.870. The Kier molecular flexibility index (Phi) is 50.4. The lowest BCUT2D eigenvalue weighted by atomic mass is 10.0. The van der Waals surface area contributed by atoms with Crippen molar-refractivity contribution in [1.82, 2.24) is 0 Å². The van der Waals surface area contributed by atoms with Crippen LogP contribution in [0.1, 0.15) is 284 Å². The van der Waals surface area contributed by atoms with E-state index in [1.54, 1.807) is 0 Å². The zero-order valence-corrected chi connectivity index (χ0v) is 46.2. The number of carbonyl (C=O) groups is 3. The highest BCUT2D eigenvalue weighted by molar-refractivity contribution is 5.70. The number of carboxylic acids is 1. The Bertz CT molecular complexity index is 1180. The molecule has 0 aliphatic rings. The van der Waals surface area contributed by atoms with E-state index in [0.717, 1.165) is 44.9 Å². The first-order valence-corrected chi connectivity index (χ1v) is 29.5. The van der Waals surface area contributed by atoms with Gasteiger partial charge in [-0.2, -0.15) is 0 Å². The summed E-state index contributed by atoms with van der Waals surface area (Å²) in [5.74, 6) is -2.27. The van der Waals surface area contributed by atoms with Gasteiger partial charge in [-0.05, 0) is 44.9 Å². The molecule has 0 N–H and O–H groups in total. The molecule has 0 heterocycles. The molecule has 0 amide bonds. The molecule has 2 atom stereocenters. The number of nitrogens with zero attached hydrogens (tertiary/aromatic N) is 1. The number of aliphatic carboxylic acids is 1. The Labute approximate surface area is 427 Å². The molecule has 9 nitrogen and oxygen atoms in total. The number of ether oxygens (including phenoxy) is 4. The molecule has 0 spiro atoms. The van der Waals surface area contributed by atoms with E-state index < -0.39 is 24.3 Å². The van der Waals surface area contributed by atoms with Crippen LogP contribution < -0.4 is 5.11 Å². The summed E-state index contributed by atoms with van der Waals surface area (Å²) in [5.41, 5.74) is 0. The molecule has 0 aromatic rings. The monoisotopic (exact) mass is 976 g/mol. The Morgan fingerprint density at radius 3 is 1.14 bits per heavy atom. The van der Waals surface area contributed by atoms with E-state index in [4.69, 9.17) is 18.9 Å². The molecular formula is C60H113NO8. The topological polar surface area (TPSA) is 111 Å². The molecule has 9 heteroatoms. The number of carbonyl (C=O) groups excluding carboxylic acids is 3. The number of quaternary nitrogens is 1. The highest BCUT2D eigenvalue weighted by atomic mass is 16.7. The highest BCUT2D eigenvalue weighted by Crippen LogP contribution is 2.17. The molecule has 0 saturated heterocycles. The summed E-state index contributed by atoms with van der Waals surface area (Å²) in [4.78, 5) is 36.9. The van der Waals surface area contributed by atoms with Crippen LogP contribution in [-0.4, -0.2) is 82.3 Å². The van der Waals surface area contributed by atoms with Gasteiger partial charge >= 0.3 is 11.9 Å². The number of hydrogen-bond donors (Lipinski definition) is 0. The average Bonchev–Trinajstić information content (AvgIpc) is 3.31. The number of hydrogen-bond acceptors (Lipinski definition) is 8. The molecule has 0 aromatic heterocycles. The molecule has 0 aliphatic heterocycles. The minimum absolute atomic E-state index is 0.151. The first-order valence-electron chi connectivity index (χ1n) is 29.5. The van der Waals surface area contributed by atoms with Crippen LogP contribution in [0.15, 0.2) is 24.3 Å². The van der Waals surface area contributed by atoms with Gasteiger partial charge in [-0.15, -0.1) is 0 Å². The second-order valence-electron chi connectivity index (χ2n) is 21.3. The number of unbranched alkanes of at least 4 members (excludes halogenated alkanes) is 36.